The molecule has 0 unspecified atom stereocenters. The van der Waals surface area contributed by atoms with Crippen LogP contribution in [0.15, 0.2) is 24.3 Å². The molecule has 3 heteroatoms. The van der Waals surface area contributed by atoms with Crippen LogP contribution in [0.3, 0.4) is 0 Å². The van der Waals surface area contributed by atoms with Gasteiger partial charge in [0.1, 0.15) is 5.75 Å². The number of hydrogen-bond acceptors (Lipinski definition) is 3. The van der Waals surface area contributed by atoms with E-state index in [1.54, 1.807) is 0 Å². The van der Waals surface area contributed by atoms with Crippen LogP contribution in [0, 0.1) is 0 Å². The molecule has 1 aliphatic carbocycles. The number of anilines is 1. The third-order valence-corrected chi connectivity index (χ3v) is 3.25. The van der Waals surface area contributed by atoms with Crippen LogP contribution in [-0.2, 0) is 0 Å². The zero-order valence-corrected chi connectivity index (χ0v) is 10.4. The second kappa shape index (κ2) is 5.92. The van der Waals surface area contributed by atoms with E-state index < -0.39 is 0 Å². The van der Waals surface area contributed by atoms with Crippen molar-refractivity contribution < 1.29 is 9.84 Å². The van der Waals surface area contributed by atoms with Gasteiger partial charge in [-0.3, -0.25) is 0 Å². The molecule has 0 aliphatic heterocycles. The minimum Gasteiger partial charge on any atom is -0.494 e. The Hall–Kier alpha value is -1.22. The number of aliphatic hydroxyl groups excluding tert-OH is 1. The molecule has 0 aromatic heterocycles. The van der Waals surface area contributed by atoms with Crippen LogP contribution in [-0.4, -0.2) is 23.9 Å². The summed E-state index contributed by atoms with van der Waals surface area (Å²) in [6, 6.07) is 8.13. The number of benzene rings is 1. The standard InChI is InChI=1S/C14H21NO2/c1-2-17-12-9-7-11(8-10-12)15-13-5-3-4-6-14(13)16/h7-10,13-16H,2-6H2,1H3/t13-,14-/m1/s1. The van der Waals surface area contributed by atoms with Gasteiger partial charge in [0.2, 0.25) is 0 Å². The van der Waals surface area contributed by atoms with Crippen molar-refractivity contribution >= 4 is 5.69 Å². The highest BCUT2D eigenvalue weighted by atomic mass is 16.5. The zero-order chi connectivity index (χ0) is 12.1. The maximum Gasteiger partial charge on any atom is 0.119 e. The molecule has 94 valence electrons. The molecule has 3 nitrogen and oxygen atoms in total. The van der Waals surface area contributed by atoms with Crippen molar-refractivity contribution in [2.45, 2.75) is 44.8 Å². The van der Waals surface area contributed by atoms with Crippen LogP contribution < -0.4 is 10.1 Å². The van der Waals surface area contributed by atoms with Crippen molar-refractivity contribution in [2.75, 3.05) is 11.9 Å². The van der Waals surface area contributed by atoms with Gasteiger partial charge in [0.15, 0.2) is 0 Å². The van der Waals surface area contributed by atoms with Gasteiger partial charge in [0, 0.05) is 5.69 Å². The summed E-state index contributed by atoms with van der Waals surface area (Å²) in [4.78, 5) is 0. The number of ether oxygens (including phenoxy) is 1. The molecule has 2 rings (SSSR count). The van der Waals surface area contributed by atoms with Crippen LogP contribution >= 0.6 is 0 Å². The predicted molar refractivity (Wildman–Crippen MR) is 69.5 cm³/mol. The van der Waals surface area contributed by atoms with Crippen molar-refractivity contribution in [3.63, 3.8) is 0 Å². The van der Waals surface area contributed by atoms with E-state index in [-0.39, 0.29) is 12.1 Å². The molecule has 0 bridgehead atoms. The third-order valence-electron chi connectivity index (χ3n) is 3.25. The molecule has 1 aliphatic rings. The van der Waals surface area contributed by atoms with E-state index in [1.807, 2.05) is 31.2 Å². The highest BCUT2D eigenvalue weighted by molar-refractivity contribution is 5.47. The van der Waals surface area contributed by atoms with Gasteiger partial charge in [-0.1, -0.05) is 12.8 Å². The lowest BCUT2D eigenvalue weighted by atomic mass is 9.92. The first kappa shape index (κ1) is 12.2. The summed E-state index contributed by atoms with van der Waals surface area (Å²) < 4.78 is 5.39. The smallest absolute Gasteiger partial charge is 0.119 e. The lowest BCUT2D eigenvalue weighted by Crippen LogP contribution is -2.36. The first-order chi connectivity index (χ1) is 8.29. The van der Waals surface area contributed by atoms with Crippen molar-refractivity contribution in [2.24, 2.45) is 0 Å². The summed E-state index contributed by atoms with van der Waals surface area (Å²) in [5.74, 6) is 0.891. The predicted octanol–water partition coefficient (Wildman–Crippen LogP) is 2.80. The molecule has 1 saturated carbocycles. The molecule has 0 amide bonds. The average Bonchev–Trinajstić information content (AvgIpc) is 2.35. The Labute approximate surface area is 103 Å². The zero-order valence-electron chi connectivity index (χ0n) is 10.4. The molecule has 0 spiro atoms. The molecule has 0 heterocycles. The van der Waals surface area contributed by atoms with E-state index in [9.17, 15) is 5.11 Å². The highest BCUT2D eigenvalue weighted by Gasteiger charge is 2.22. The second-order valence-corrected chi connectivity index (χ2v) is 4.56. The van der Waals surface area contributed by atoms with Crippen LogP contribution in [0.2, 0.25) is 0 Å². The Morgan fingerprint density at radius 3 is 2.59 bits per heavy atom. The number of aliphatic hydroxyl groups is 1. The maximum atomic E-state index is 9.88. The Balaban J connectivity index is 1.93. The van der Waals surface area contributed by atoms with Gasteiger partial charge >= 0.3 is 0 Å². The molecule has 0 radical (unpaired) electrons. The average molecular weight is 235 g/mol. The van der Waals surface area contributed by atoms with E-state index in [0.717, 1.165) is 30.7 Å². The highest BCUT2D eigenvalue weighted by Crippen LogP contribution is 2.23. The number of nitrogens with one attached hydrogen (secondary N) is 1. The molecule has 1 fully saturated rings. The fourth-order valence-electron chi connectivity index (χ4n) is 2.31. The van der Waals surface area contributed by atoms with Crippen LogP contribution in [0.25, 0.3) is 0 Å². The van der Waals surface area contributed by atoms with E-state index >= 15 is 0 Å². The summed E-state index contributed by atoms with van der Waals surface area (Å²) in [5.41, 5.74) is 1.06. The lowest BCUT2D eigenvalue weighted by Gasteiger charge is -2.29. The lowest BCUT2D eigenvalue weighted by molar-refractivity contribution is 0.116. The summed E-state index contributed by atoms with van der Waals surface area (Å²) in [7, 11) is 0. The van der Waals surface area contributed by atoms with Gasteiger partial charge in [-0.05, 0) is 44.0 Å². The molecule has 2 atom stereocenters. The molecule has 17 heavy (non-hydrogen) atoms. The van der Waals surface area contributed by atoms with E-state index in [2.05, 4.69) is 5.32 Å². The third kappa shape index (κ3) is 3.37. The van der Waals surface area contributed by atoms with E-state index in [0.29, 0.717) is 6.61 Å². The summed E-state index contributed by atoms with van der Waals surface area (Å²) in [6.07, 6.45) is 4.09. The largest absolute Gasteiger partial charge is 0.494 e. The Bertz CT molecular complexity index is 337. The fraction of sp³-hybridized carbons (Fsp3) is 0.571. The minimum atomic E-state index is -0.213. The molecular weight excluding hydrogens is 214 g/mol. The van der Waals surface area contributed by atoms with Crippen LogP contribution in [0.5, 0.6) is 5.75 Å². The normalized spacial score (nSPS) is 24.4. The van der Waals surface area contributed by atoms with E-state index in [1.165, 1.54) is 6.42 Å². The minimum absolute atomic E-state index is 0.196. The summed E-state index contributed by atoms with van der Waals surface area (Å²) in [5, 5.41) is 13.3. The van der Waals surface area contributed by atoms with Gasteiger partial charge in [-0.25, -0.2) is 0 Å². The van der Waals surface area contributed by atoms with E-state index in [4.69, 9.17) is 4.74 Å². The van der Waals surface area contributed by atoms with Crippen molar-refractivity contribution in [3.05, 3.63) is 24.3 Å². The van der Waals surface area contributed by atoms with Gasteiger partial charge < -0.3 is 15.2 Å². The first-order valence-corrected chi connectivity index (χ1v) is 6.47. The van der Waals surface area contributed by atoms with Crippen molar-refractivity contribution in [1.82, 2.24) is 0 Å². The van der Waals surface area contributed by atoms with Crippen LogP contribution in [0.1, 0.15) is 32.6 Å². The van der Waals surface area contributed by atoms with Crippen molar-refractivity contribution in [1.29, 1.82) is 0 Å². The summed E-state index contributed by atoms with van der Waals surface area (Å²) in [6.45, 7) is 2.67. The number of rotatable bonds is 4. The van der Waals surface area contributed by atoms with Gasteiger partial charge in [0.05, 0.1) is 18.8 Å². The monoisotopic (exact) mass is 235 g/mol. The molecule has 0 saturated heterocycles. The maximum absolute atomic E-state index is 9.88. The van der Waals surface area contributed by atoms with Crippen molar-refractivity contribution in [3.8, 4) is 5.75 Å². The Morgan fingerprint density at radius 2 is 1.94 bits per heavy atom. The number of hydrogen-bond donors (Lipinski definition) is 2. The molecular formula is C14H21NO2. The molecule has 1 aromatic carbocycles. The SMILES string of the molecule is CCOc1ccc(N[C@@H]2CCCC[C@H]2O)cc1. The summed E-state index contributed by atoms with van der Waals surface area (Å²) >= 11 is 0. The Kier molecular flexibility index (Phi) is 4.26. The van der Waals surface area contributed by atoms with Gasteiger partial charge in [-0.15, -0.1) is 0 Å². The van der Waals surface area contributed by atoms with Crippen LogP contribution in [0.4, 0.5) is 5.69 Å². The molecule has 1 aromatic rings. The molecule has 2 N–H and O–H groups in total. The quantitative estimate of drug-likeness (QED) is 0.843. The second-order valence-electron chi connectivity index (χ2n) is 4.56. The first-order valence-electron chi connectivity index (χ1n) is 6.47. The van der Waals surface area contributed by atoms with Gasteiger partial charge in [-0.2, -0.15) is 0 Å². The topological polar surface area (TPSA) is 41.5 Å². The Morgan fingerprint density at radius 1 is 1.24 bits per heavy atom. The van der Waals surface area contributed by atoms with Gasteiger partial charge in [0.25, 0.3) is 0 Å². The fourth-order valence-corrected chi connectivity index (χ4v) is 2.31.